The number of fused-ring (bicyclic) bond motifs is 1. The number of para-hydroxylation sites is 2. The number of ether oxygens (including phenoxy) is 1. The molecule has 144 valence electrons. The van der Waals surface area contributed by atoms with Gasteiger partial charge in [0.15, 0.2) is 5.82 Å². The van der Waals surface area contributed by atoms with Gasteiger partial charge in [-0.3, -0.25) is 4.79 Å². The van der Waals surface area contributed by atoms with Gasteiger partial charge in [-0.2, -0.15) is 0 Å². The molecule has 0 saturated carbocycles. The SMILES string of the molecule is CC(=O)NC(C)c1ccc(OC2CN(c3nc4ccccc4nc3C)C2)cc1. The van der Waals surface area contributed by atoms with Crippen LogP contribution in [0.3, 0.4) is 0 Å². The Bertz CT molecular complexity index is 997. The fraction of sp³-hybridized carbons (Fsp3) is 0.318. The highest BCUT2D eigenvalue weighted by Gasteiger charge is 2.31. The van der Waals surface area contributed by atoms with Gasteiger partial charge in [-0.1, -0.05) is 24.3 Å². The third kappa shape index (κ3) is 3.76. The van der Waals surface area contributed by atoms with Crippen molar-refractivity contribution < 1.29 is 9.53 Å². The number of aromatic nitrogens is 2. The van der Waals surface area contributed by atoms with E-state index in [1.165, 1.54) is 6.92 Å². The van der Waals surface area contributed by atoms with Crippen molar-refractivity contribution in [2.75, 3.05) is 18.0 Å². The summed E-state index contributed by atoms with van der Waals surface area (Å²) in [5.74, 6) is 1.73. The van der Waals surface area contributed by atoms with E-state index in [0.29, 0.717) is 0 Å². The summed E-state index contributed by atoms with van der Waals surface area (Å²) in [7, 11) is 0. The molecular formula is C22H24N4O2. The minimum atomic E-state index is -0.0329. The van der Waals surface area contributed by atoms with Gasteiger partial charge in [-0.15, -0.1) is 0 Å². The third-order valence-corrected chi connectivity index (χ3v) is 4.97. The number of carbonyl (C=O) groups is 1. The smallest absolute Gasteiger partial charge is 0.217 e. The average molecular weight is 376 g/mol. The molecule has 2 heterocycles. The molecule has 0 radical (unpaired) electrons. The van der Waals surface area contributed by atoms with Crippen molar-refractivity contribution in [1.82, 2.24) is 15.3 Å². The molecule has 6 nitrogen and oxygen atoms in total. The van der Waals surface area contributed by atoms with Gasteiger partial charge in [-0.05, 0) is 43.7 Å². The first kappa shape index (κ1) is 18.2. The lowest BCUT2D eigenvalue weighted by Gasteiger charge is -2.40. The third-order valence-electron chi connectivity index (χ3n) is 4.97. The fourth-order valence-electron chi connectivity index (χ4n) is 3.48. The van der Waals surface area contributed by atoms with E-state index in [1.54, 1.807) is 0 Å². The lowest BCUT2D eigenvalue weighted by Crippen LogP contribution is -2.54. The van der Waals surface area contributed by atoms with E-state index in [0.717, 1.165) is 46.9 Å². The molecule has 6 heteroatoms. The zero-order valence-electron chi connectivity index (χ0n) is 16.3. The van der Waals surface area contributed by atoms with Crippen molar-refractivity contribution in [2.24, 2.45) is 0 Å². The standard InChI is InChI=1S/C22H24N4O2/c1-14(23-16(3)27)17-8-10-18(11-9-17)28-19-12-26(13-19)22-15(2)24-20-6-4-5-7-21(20)25-22/h4-11,14,19H,12-13H2,1-3H3,(H,23,27). The van der Waals surface area contributed by atoms with Gasteiger partial charge in [0.1, 0.15) is 11.9 Å². The molecule has 0 aliphatic carbocycles. The molecule has 4 rings (SSSR count). The van der Waals surface area contributed by atoms with Crippen molar-refractivity contribution >= 4 is 22.8 Å². The number of benzene rings is 2. The van der Waals surface area contributed by atoms with Gasteiger partial charge in [0.05, 0.1) is 35.9 Å². The maximum atomic E-state index is 11.2. The molecule has 1 saturated heterocycles. The number of nitrogens with zero attached hydrogens (tertiary/aromatic N) is 3. The van der Waals surface area contributed by atoms with Gasteiger partial charge >= 0.3 is 0 Å². The van der Waals surface area contributed by atoms with E-state index in [1.807, 2.05) is 62.4 Å². The highest BCUT2D eigenvalue weighted by molar-refractivity contribution is 5.76. The molecule has 28 heavy (non-hydrogen) atoms. The Hall–Kier alpha value is -3.15. The van der Waals surface area contributed by atoms with Crippen LogP contribution < -0.4 is 15.0 Å². The summed E-state index contributed by atoms with van der Waals surface area (Å²) in [6, 6.07) is 15.8. The minimum absolute atomic E-state index is 0.0137. The number of amides is 1. The van der Waals surface area contributed by atoms with Crippen LogP contribution in [-0.4, -0.2) is 35.1 Å². The molecule has 1 aromatic heterocycles. The van der Waals surface area contributed by atoms with Crippen molar-refractivity contribution in [3.05, 3.63) is 59.8 Å². The van der Waals surface area contributed by atoms with E-state index >= 15 is 0 Å². The molecule has 2 aromatic carbocycles. The fourth-order valence-corrected chi connectivity index (χ4v) is 3.48. The van der Waals surface area contributed by atoms with Gasteiger partial charge in [0.25, 0.3) is 0 Å². The topological polar surface area (TPSA) is 67.3 Å². The monoisotopic (exact) mass is 376 g/mol. The van der Waals surface area contributed by atoms with Crippen molar-refractivity contribution in [3.8, 4) is 5.75 Å². The first-order valence-electron chi connectivity index (χ1n) is 9.51. The molecule has 1 atom stereocenters. The summed E-state index contributed by atoms with van der Waals surface area (Å²) < 4.78 is 6.07. The second kappa shape index (κ2) is 7.46. The summed E-state index contributed by atoms with van der Waals surface area (Å²) in [6.07, 6.45) is 0.131. The Morgan fingerprint density at radius 2 is 1.75 bits per heavy atom. The summed E-state index contributed by atoms with van der Waals surface area (Å²) in [5.41, 5.74) is 3.83. The number of hydrogen-bond acceptors (Lipinski definition) is 5. The molecule has 1 unspecified atom stereocenters. The average Bonchev–Trinajstić information content (AvgIpc) is 2.64. The van der Waals surface area contributed by atoms with Crippen LogP contribution in [0.2, 0.25) is 0 Å². The second-order valence-electron chi connectivity index (χ2n) is 7.26. The molecule has 1 aliphatic heterocycles. The number of hydrogen-bond donors (Lipinski definition) is 1. The molecule has 1 amide bonds. The van der Waals surface area contributed by atoms with Crippen LogP contribution in [0.15, 0.2) is 48.5 Å². The Morgan fingerprint density at radius 1 is 1.11 bits per heavy atom. The highest BCUT2D eigenvalue weighted by Crippen LogP contribution is 2.27. The van der Waals surface area contributed by atoms with E-state index in [9.17, 15) is 4.79 Å². The lowest BCUT2D eigenvalue weighted by molar-refractivity contribution is -0.119. The summed E-state index contributed by atoms with van der Waals surface area (Å²) in [6.45, 7) is 7.07. The molecule has 0 spiro atoms. The maximum Gasteiger partial charge on any atom is 0.217 e. The summed E-state index contributed by atoms with van der Waals surface area (Å²) in [5, 5.41) is 2.88. The van der Waals surface area contributed by atoms with Gasteiger partial charge in [-0.25, -0.2) is 9.97 Å². The van der Waals surface area contributed by atoms with Crippen molar-refractivity contribution in [2.45, 2.75) is 32.9 Å². The van der Waals surface area contributed by atoms with Gasteiger partial charge in [0.2, 0.25) is 5.91 Å². The number of rotatable bonds is 5. The van der Waals surface area contributed by atoms with Crippen molar-refractivity contribution in [3.63, 3.8) is 0 Å². The van der Waals surface area contributed by atoms with Crippen LogP contribution in [0.5, 0.6) is 5.75 Å². The lowest BCUT2D eigenvalue weighted by atomic mass is 10.1. The largest absolute Gasteiger partial charge is 0.487 e. The minimum Gasteiger partial charge on any atom is -0.487 e. The molecule has 1 N–H and O–H groups in total. The van der Waals surface area contributed by atoms with Crippen LogP contribution in [-0.2, 0) is 4.79 Å². The first-order chi connectivity index (χ1) is 13.5. The van der Waals surface area contributed by atoms with E-state index < -0.39 is 0 Å². The number of nitrogens with one attached hydrogen (secondary N) is 1. The Labute approximate surface area is 164 Å². The van der Waals surface area contributed by atoms with Crippen LogP contribution in [0.1, 0.15) is 31.1 Å². The molecular weight excluding hydrogens is 352 g/mol. The van der Waals surface area contributed by atoms with Crippen LogP contribution in [0, 0.1) is 6.92 Å². The van der Waals surface area contributed by atoms with Crippen molar-refractivity contribution in [1.29, 1.82) is 0 Å². The van der Waals surface area contributed by atoms with E-state index in [2.05, 4.69) is 15.2 Å². The summed E-state index contributed by atoms with van der Waals surface area (Å²) in [4.78, 5) is 22.8. The van der Waals surface area contributed by atoms with Gasteiger partial charge < -0.3 is 15.0 Å². The van der Waals surface area contributed by atoms with E-state index in [4.69, 9.17) is 9.72 Å². The Morgan fingerprint density at radius 3 is 2.39 bits per heavy atom. The predicted molar refractivity (Wildman–Crippen MR) is 110 cm³/mol. The van der Waals surface area contributed by atoms with Crippen LogP contribution in [0.25, 0.3) is 11.0 Å². The highest BCUT2D eigenvalue weighted by atomic mass is 16.5. The normalized spacial score (nSPS) is 15.2. The molecule has 1 aliphatic rings. The number of carbonyl (C=O) groups excluding carboxylic acids is 1. The zero-order valence-corrected chi connectivity index (χ0v) is 16.3. The number of aryl methyl sites for hydroxylation is 1. The first-order valence-corrected chi connectivity index (χ1v) is 9.51. The zero-order chi connectivity index (χ0) is 19.7. The Balaban J connectivity index is 1.37. The molecule has 0 bridgehead atoms. The Kier molecular flexibility index (Phi) is 4.86. The van der Waals surface area contributed by atoms with E-state index in [-0.39, 0.29) is 18.1 Å². The summed E-state index contributed by atoms with van der Waals surface area (Å²) >= 11 is 0. The predicted octanol–water partition coefficient (Wildman–Crippen LogP) is 3.40. The van der Waals surface area contributed by atoms with Crippen LogP contribution in [0.4, 0.5) is 5.82 Å². The molecule has 3 aromatic rings. The quantitative estimate of drug-likeness (QED) is 0.739. The van der Waals surface area contributed by atoms with Gasteiger partial charge in [0, 0.05) is 6.92 Å². The second-order valence-corrected chi connectivity index (χ2v) is 7.26. The van der Waals surface area contributed by atoms with Crippen LogP contribution >= 0.6 is 0 Å². The maximum absolute atomic E-state index is 11.2. The molecule has 1 fully saturated rings. The number of anilines is 1.